The van der Waals surface area contributed by atoms with Crippen molar-refractivity contribution >= 4 is 28.4 Å². The maximum atomic E-state index is 12.2. The summed E-state index contributed by atoms with van der Waals surface area (Å²) in [6, 6.07) is 5.48. The highest BCUT2D eigenvalue weighted by Gasteiger charge is 2.42. The van der Waals surface area contributed by atoms with Crippen molar-refractivity contribution in [2.75, 3.05) is 5.32 Å². The summed E-state index contributed by atoms with van der Waals surface area (Å²) >= 11 is 0. The van der Waals surface area contributed by atoms with E-state index in [1.807, 2.05) is 33.0 Å². The molecule has 0 saturated heterocycles. The Morgan fingerprint density at radius 2 is 2.00 bits per heavy atom. The van der Waals surface area contributed by atoms with Gasteiger partial charge in [0.25, 0.3) is 0 Å². The lowest BCUT2D eigenvalue weighted by Crippen LogP contribution is -2.32. The van der Waals surface area contributed by atoms with Crippen LogP contribution >= 0.6 is 0 Å². The topological polar surface area (TPSA) is 112 Å². The highest BCUT2D eigenvalue weighted by atomic mass is 16.6. The largest absolute Gasteiger partial charge is 0.474 e. The van der Waals surface area contributed by atoms with Crippen LogP contribution in [0.25, 0.3) is 10.8 Å². The number of nitrogens with one attached hydrogen (secondary N) is 1. The molecule has 3 aromatic rings. The molecule has 1 aliphatic carbocycles. The van der Waals surface area contributed by atoms with Gasteiger partial charge in [0.05, 0.1) is 10.9 Å². The zero-order valence-corrected chi connectivity index (χ0v) is 19.4. The van der Waals surface area contributed by atoms with E-state index in [9.17, 15) is 4.79 Å². The maximum absolute atomic E-state index is 12.2. The standard InChI is InChI=1S/C25H29N5O3/c1-5-24(3,26)18-13-28-22(32-14-7-8-14)17-12-27-20(11-16(17)18)29-19-10-9-15-21(30-19)25(4,6-2)33-23(15)31/h9-14H,5-8,26H2,1-4H3,(H,27,29,30)/t24-,25-/m0/s1. The predicted molar refractivity (Wildman–Crippen MR) is 126 cm³/mol. The molecule has 172 valence electrons. The van der Waals surface area contributed by atoms with Crippen molar-refractivity contribution < 1.29 is 14.3 Å². The van der Waals surface area contributed by atoms with Gasteiger partial charge in [-0.25, -0.2) is 19.7 Å². The van der Waals surface area contributed by atoms with Crippen LogP contribution in [-0.2, 0) is 15.9 Å². The van der Waals surface area contributed by atoms with Crippen molar-refractivity contribution in [1.82, 2.24) is 15.0 Å². The third-order valence-corrected chi connectivity index (χ3v) is 6.75. The van der Waals surface area contributed by atoms with Gasteiger partial charge in [0.15, 0.2) is 5.60 Å². The molecule has 0 unspecified atom stereocenters. The fourth-order valence-corrected chi connectivity index (χ4v) is 4.04. The van der Waals surface area contributed by atoms with Crippen molar-refractivity contribution in [2.45, 2.75) is 70.6 Å². The van der Waals surface area contributed by atoms with E-state index in [4.69, 9.17) is 20.2 Å². The molecular formula is C25H29N5O3. The lowest BCUT2D eigenvalue weighted by Gasteiger charge is -2.25. The fraction of sp³-hybridized carbons (Fsp3) is 0.440. The van der Waals surface area contributed by atoms with Crippen LogP contribution in [0.3, 0.4) is 0 Å². The highest BCUT2D eigenvalue weighted by Crippen LogP contribution is 2.39. The van der Waals surface area contributed by atoms with E-state index in [1.54, 1.807) is 18.3 Å². The molecule has 1 fully saturated rings. The van der Waals surface area contributed by atoms with Crippen LogP contribution < -0.4 is 15.8 Å². The average Bonchev–Trinajstić information content (AvgIpc) is 3.58. The Bertz CT molecular complexity index is 1250. The second kappa shape index (κ2) is 7.66. The van der Waals surface area contributed by atoms with Gasteiger partial charge in [-0.1, -0.05) is 13.8 Å². The van der Waals surface area contributed by atoms with Gasteiger partial charge < -0.3 is 20.5 Å². The van der Waals surface area contributed by atoms with Gasteiger partial charge in [-0.15, -0.1) is 0 Å². The molecule has 1 saturated carbocycles. The van der Waals surface area contributed by atoms with E-state index in [1.165, 1.54) is 0 Å². The quantitative estimate of drug-likeness (QED) is 0.502. The van der Waals surface area contributed by atoms with Crippen LogP contribution in [0, 0.1) is 0 Å². The summed E-state index contributed by atoms with van der Waals surface area (Å²) in [6.07, 6.45) is 7.32. The SMILES string of the molecule is CC[C@](C)(N)c1cnc(OC2CC2)c2cnc(Nc3ccc4c(n3)[C@](C)(CC)OC4=O)cc12. The third-order valence-electron chi connectivity index (χ3n) is 6.75. The summed E-state index contributed by atoms with van der Waals surface area (Å²) in [5.41, 5.74) is 7.43. The number of carbonyl (C=O) groups is 1. The Morgan fingerprint density at radius 1 is 1.21 bits per heavy atom. The van der Waals surface area contributed by atoms with E-state index in [0.717, 1.165) is 35.6 Å². The van der Waals surface area contributed by atoms with Gasteiger partial charge in [-0.3, -0.25) is 0 Å². The normalized spacial score (nSPS) is 21.4. The van der Waals surface area contributed by atoms with Crippen LogP contribution in [0.15, 0.2) is 30.6 Å². The summed E-state index contributed by atoms with van der Waals surface area (Å²) in [4.78, 5) is 26.1. The Balaban J connectivity index is 1.55. The molecule has 0 radical (unpaired) electrons. The van der Waals surface area contributed by atoms with E-state index < -0.39 is 11.1 Å². The molecule has 0 amide bonds. The second-order valence-electron chi connectivity index (χ2n) is 9.37. The Morgan fingerprint density at radius 3 is 2.70 bits per heavy atom. The molecule has 0 spiro atoms. The van der Waals surface area contributed by atoms with Crippen molar-refractivity contribution in [3.8, 4) is 5.88 Å². The number of nitrogens with zero attached hydrogens (tertiary/aromatic N) is 3. The van der Waals surface area contributed by atoms with Crippen molar-refractivity contribution in [3.63, 3.8) is 0 Å². The number of cyclic esters (lactones) is 1. The van der Waals surface area contributed by atoms with Crippen LogP contribution in [0.2, 0.25) is 0 Å². The Kier molecular flexibility index (Phi) is 5.01. The van der Waals surface area contributed by atoms with Crippen molar-refractivity contribution in [2.24, 2.45) is 5.73 Å². The molecule has 2 aliphatic rings. The number of pyridine rings is 3. The van der Waals surface area contributed by atoms with Gasteiger partial charge >= 0.3 is 5.97 Å². The number of aromatic nitrogens is 3. The van der Waals surface area contributed by atoms with E-state index in [-0.39, 0.29) is 12.1 Å². The van der Waals surface area contributed by atoms with Crippen molar-refractivity contribution in [3.05, 3.63) is 47.4 Å². The minimum absolute atomic E-state index is 0.230. The summed E-state index contributed by atoms with van der Waals surface area (Å²) in [5.74, 6) is 1.47. The molecule has 4 heterocycles. The Labute approximate surface area is 192 Å². The van der Waals surface area contributed by atoms with E-state index in [2.05, 4.69) is 22.2 Å². The number of esters is 1. The van der Waals surface area contributed by atoms with E-state index in [0.29, 0.717) is 35.2 Å². The lowest BCUT2D eigenvalue weighted by atomic mass is 9.88. The molecule has 3 N–H and O–H groups in total. The summed E-state index contributed by atoms with van der Waals surface area (Å²) in [5, 5.41) is 5.07. The monoisotopic (exact) mass is 447 g/mol. The summed E-state index contributed by atoms with van der Waals surface area (Å²) in [6.45, 7) is 7.92. The first-order chi connectivity index (χ1) is 15.7. The molecule has 1 aliphatic heterocycles. The molecule has 2 atom stereocenters. The number of fused-ring (bicyclic) bond motifs is 2. The first-order valence-electron chi connectivity index (χ1n) is 11.5. The number of rotatable bonds is 7. The first-order valence-corrected chi connectivity index (χ1v) is 11.5. The van der Waals surface area contributed by atoms with Gasteiger partial charge in [-0.05, 0) is 68.7 Å². The molecule has 8 nitrogen and oxygen atoms in total. The number of hydrogen-bond donors (Lipinski definition) is 2. The zero-order valence-electron chi connectivity index (χ0n) is 19.4. The molecule has 3 aromatic heterocycles. The Hall–Kier alpha value is -3.26. The molecule has 0 aromatic carbocycles. The molecule has 33 heavy (non-hydrogen) atoms. The highest BCUT2D eigenvalue weighted by molar-refractivity contribution is 5.94. The van der Waals surface area contributed by atoms with Gasteiger partial charge in [0, 0.05) is 17.9 Å². The van der Waals surface area contributed by atoms with Crippen LogP contribution in [0.4, 0.5) is 11.6 Å². The van der Waals surface area contributed by atoms with E-state index >= 15 is 0 Å². The third kappa shape index (κ3) is 3.78. The summed E-state index contributed by atoms with van der Waals surface area (Å²) < 4.78 is 11.6. The summed E-state index contributed by atoms with van der Waals surface area (Å²) in [7, 11) is 0. The van der Waals surface area contributed by atoms with Crippen LogP contribution in [0.5, 0.6) is 5.88 Å². The predicted octanol–water partition coefficient (Wildman–Crippen LogP) is 4.69. The maximum Gasteiger partial charge on any atom is 0.341 e. The number of nitrogens with two attached hydrogens (primary N) is 1. The number of carbonyl (C=O) groups excluding carboxylic acids is 1. The molecule has 8 heteroatoms. The van der Waals surface area contributed by atoms with Crippen molar-refractivity contribution in [1.29, 1.82) is 0 Å². The zero-order chi connectivity index (χ0) is 23.4. The molecule has 0 bridgehead atoms. The lowest BCUT2D eigenvalue weighted by molar-refractivity contribution is -0.00220. The minimum Gasteiger partial charge on any atom is -0.474 e. The smallest absolute Gasteiger partial charge is 0.341 e. The minimum atomic E-state index is -0.725. The number of hydrogen-bond acceptors (Lipinski definition) is 8. The van der Waals surface area contributed by atoms with Gasteiger partial charge in [-0.2, -0.15) is 0 Å². The first kappa shape index (κ1) is 21.6. The van der Waals surface area contributed by atoms with Crippen LogP contribution in [-0.4, -0.2) is 27.0 Å². The average molecular weight is 448 g/mol. The second-order valence-corrected chi connectivity index (χ2v) is 9.37. The fourth-order valence-electron chi connectivity index (χ4n) is 4.04. The molecule has 5 rings (SSSR count). The number of anilines is 2. The molecular weight excluding hydrogens is 418 g/mol. The van der Waals surface area contributed by atoms with Gasteiger partial charge in [0.2, 0.25) is 5.88 Å². The van der Waals surface area contributed by atoms with Crippen LogP contribution in [0.1, 0.15) is 75.0 Å². The number of ether oxygens (including phenoxy) is 2. The van der Waals surface area contributed by atoms with Gasteiger partial charge in [0.1, 0.15) is 23.4 Å².